The fraction of sp³-hybridized carbons (Fsp3) is 0.353. The number of nitrogens with zero attached hydrogens (tertiary/aromatic N) is 2. The molecule has 0 saturated heterocycles. The van der Waals surface area contributed by atoms with Crippen molar-refractivity contribution in [3.8, 4) is 5.75 Å². The quantitative estimate of drug-likeness (QED) is 0.787. The van der Waals surface area contributed by atoms with Crippen LogP contribution in [0.3, 0.4) is 0 Å². The fourth-order valence-electron chi connectivity index (χ4n) is 2.27. The third-order valence-corrected chi connectivity index (χ3v) is 3.90. The van der Waals surface area contributed by atoms with Crippen molar-refractivity contribution in [3.63, 3.8) is 0 Å². The molecule has 2 rings (SSSR count). The summed E-state index contributed by atoms with van der Waals surface area (Å²) in [6.07, 6.45) is 0. The molecule has 0 bridgehead atoms. The maximum absolute atomic E-state index is 12.6. The fourth-order valence-corrected chi connectivity index (χ4v) is 2.72. The molecule has 0 saturated carbocycles. The minimum absolute atomic E-state index is 0.114. The zero-order valence-corrected chi connectivity index (χ0v) is 15.3. The molecule has 7 heteroatoms. The Balaban J connectivity index is 2.59. The highest BCUT2D eigenvalue weighted by Crippen LogP contribution is 2.25. The summed E-state index contributed by atoms with van der Waals surface area (Å²) in [5.74, 6) is -1.40. The van der Waals surface area contributed by atoms with Crippen molar-refractivity contribution in [3.05, 3.63) is 55.9 Å². The minimum atomic E-state index is -0.840. The van der Waals surface area contributed by atoms with Gasteiger partial charge in [0.05, 0.1) is 13.2 Å². The van der Waals surface area contributed by atoms with Gasteiger partial charge in [-0.05, 0) is 24.6 Å². The van der Waals surface area contributed by atoms with Gasteiger partial charge in [0.15, 0.2) is 11.3 Å². The minimum Gasteiger partial charge on any atom is -0.505 e. The van der Waals surface area contributed by atoms with E-state index in [9.17, 15) is 14.7 Å². The normalized spacial score (nSPS) is 10.9. The van der Waals surface area contributed by atoms with Gasteiger partial charge in [0.1, 0.15) is 5.69 Å². The number of aromatic nitrogens is 2. The highest BCUT2D eigenvalue weighted by molar-refractivity contribution is 9.10. The molecule has 128 valence electrons. The second-order valence-corrected chi connectivity index (χ2v) is 6.49. The second-order valence-electron chi connectivity index (χ2n) is 5.58. The van der Waals surface area contributed by atoms with Crippen LogP contribution in [-0.2, 0) is 11.3 Å². The first-order valence-electron chi connectivity index (χ1n) is 7.60. The number of carbonyl (C=O) groups excluding carboxylic acids is 1. The lowest BCUT2D eigenvalue weighted by Crippen LogP contribution is -2.31. The second kappa shape index (κ2) is 7.61. The number of rotatable bonds is 5. The molecule has 6 nitrogen and oxygen atoms in total. The molecule has 1 heterocycles. The number of esters is 1. The zero-order chi connectivity index (χ0) is 17.9. The highest BCUT2D eigenvalue weighted by atomic mass is 79.9. The van der Waals surface area contributed by atoms with Crippen molar-refractivity contribution < 1.29 is 14.6 Å². The number of halogens is 1. The Labute approximate surface area is 148 Å². The van der Waals surface area contributed by atoms with Crippen molar-refractivity contribution >= 4 is 21.9 Å². The third kappa shape index (κ3) is 3.84. The Morgan fingerprint density at radius 1 is 1.42 bits per heavy atom. The van der Waals surface area contributed by atoms with Gasteiger partial charge in [-0.1, -0.05) is 41.9 Å². The van der Waals surface area contributed by atoms with Crippen LogP contribution in [0, 0.1) is 0 Å². The smallest absolute Gasteiger partial charge is 0.347 e. The molecule has 0 aliphatic carbocycles. The van der Waals surface area contributed by atoms with Crippen LogP contribution in [0.2, 0.25) is 0 Å². The lowest BCUT2D eigenvalue weighted by Gasteiger charge is -2.14. The highest BCUT2D eigenvalue weighted by Gasteiger charge is 2.25. The molecule has 2 aromatic rings. The van der Waals surface area contributed by atoms with E-state index in [0.29, 0.717) is 0 Å². The van der Waals surface area contributed by atoms with Crippen LogP contribution in [-0.4, -0.2) is 27.5 Å². The van der Waals surface area contributed by atoms with Crippen molar-refractivity contribution in [1.29, 1.82) is 0 Å². The largest absolute Gasteiger partial charge is 0.505 e. The van der Waals surface area contributed by atoms with Gasteiger partial charge in [0, 0.05) is 10.4 Å². The SMILES string of the molecule is CCOC(=O)c1c(O)c(C(C)C)nn(Cc2cccc(Br)c2)c1=O. The van der Waals surface area contributed by atoms with E-state index in [1.165, 1.54) is 4.68 Å². The molecule has 0 unspecified atom stereocenters. The van der Waals surface area contributed by atoms with Crippen LogP contribution >= 0.6 is 15.9 Å². The summed E-state index contributed by atoms with van der Waals surface area (Å²) in [7, 11) is 0. The summed E-state index contributed by atoms with van der Waals surface area (Å²) < 4.78 is 6.96. The molecule has 24 heavy (non-hydrogen) atoms. The molecule has 0 atom stereocenters. The van der Waals surface area contributed by atoms with Crippen LogP contribution in [0.4, 0.5) is 0 Å². The van der Waals surface area contributed by atoms with E-state index in [2.05, 4.69) is 21.0 Å². The van der Waals surface area contributed by atoms with Crippen molar-refractivity contribution in [2.24, 2.45) is 0 Å². The molecule has 0 spiro atoms. The molecule has 0 aliphatic heterocycles. The summed E-state index contributed by atoms with van der Waals surface area (Å²) >= 11 is 3.38. The molecule has 1 aromatic carbocycles. The maximum atomic E-state index is 12.6. The van der Waals surface area contributed by atoms with Gasteiger partial charge in [-0.15, -0.1) is 0 Å². The number of benzene rings is 1. The van der Waals surface area contributed by atoms with Crippen molar-refractivity contribution in [2.45, 2.75) is 33.2 Å². The van der Waals surface area contributed by atoms with E-state index in [1.807, 2.05) is 38.1 Å². The summed E-state index contributed by atoms with van der Waals surface area (Å²) in [5, 5.41) is 14.5. The Morgan fingerprint density at radius 3 is 2.71 bits per heavy atom. The molecule has 1 N–H and O–H groups in total. The van der Waals surface area contributed by atoms with Crippen LogP contribution in [0.15, 0.2) is 33.5 Å². The predicted octanol–water partition coefficient (Wildman–Crippen LogP) is 3.06. The molecule has 1 aromatic heterocycles. The Bertz CT molecular complexity index is 815. The summed E-state index contributed by atoms with van der Waals surface area (Å²) in [6.45, 7) is 5.59. The van der Waals surface area contributed by atoms with E-state index in [1.54, 1.807) is 6.92 Å². The average Bonchev–Trinajstić information content (AvgIpc) is 2.50. The van der Waals surface area contributed by atoms with Crippen LogP contribution in [0.25, 0.3) is 0 Å². The van der Waals surface area contributed by atoms with Crippen molar-refractivity contribution in [2.75, 3.05) is 6.61 Å². The van der Waals surface area contributed by atoms with Crippen molar-refractivity contribution in [1.82, 2.24) is 9.78 Å². The van der Waals surface area contributed by atoms with Gasteiger partial charge in [-0.25, -0.2) is 9.48 Å². The number of hydrogen-bond donors (Lipinski definition) is 1. The summed E-state index contributed by atoms with van der Waals surface area (Å²) in [5.41, 5.74) is 0.0858. The van der Waals surface area contributed by atoms with Crippen LogP contribution < -0.4 is 5.56 Å². The van der Waals surface area contributed by atoms with Crippen LogP contribution in [0.1, 0.15) is 48.3 Å². The van der Waals surface area contributed by atoms with E-state index in [0.717, 1.165) is 10.0 Å². The van der Waals surface area contributed by atoms with E-state index in [4.69, 9.17) is 4.74 Å². The molecule has 0 fully saturated rings. The van der Waals surface area contributed by atoms with E-state index in [-0.39, 0.29) is 30.3 Å². The Kier molecular flexibility index (Phi) is 5.77. The van der Waals surface area contributed by atoms with Gasteiger partial charge in [0.2, 0.25) is 0 Å². The first kappa shape index (κ1) is 18.2. The van der Waals surface area contributed by atoms with Gasteiger partial charge in [-0.3, -0.25) is 4.79 Å². The first-order valence-corrected chi connectivity index (χ1v) is 8.40. The lowest BCUT2D eigenvalue weighted by molar-refractivity contribution is 0.0519. The monoisotopic (exact) mass is 394 g/mol. The van der Waals surface area contributed by atoms with Gasteiger partial charge < -0.3 is 9.84 Å². The maximum Gasteiger partial charge on any atom is 0.347 e. The Hall–Kier alpha value is -2.15. The number of hydrogen-bond acceptors (Lipinski definition) is 5. The predicted molar refractivity (Wildman–Crippen MR) is 93.5 cm³/mol. The van der Waals surface area contributed by atoms with E-state index >= 15 is 0 Å². The third-order valence-electron chi connectivity index (χ3n) is 3.40. The van der Waals surface area contributed by atoms with E-state index < -0.39 is 17.3 Å². The van der Waals surface area contributed by atoms with Crippen LogP contribution in [0.5, 0.6) is 5.75 Å². The van der Waals surface area contributed by atoms with Gasteiger partial charge in [-0.2, -0.15) is 5.10 Å². The summed E-state index contributed by atoms with van der Waals surface area (Å²) in [4.78, 5) is 24.7. The molecule has 0 aliphatic rings. The topological polar surface area (TPSA) is 81.4 Å². The molecular weight excluding hydrogens is 376 g/mol. The molecule has 0 radical (unpaired) electrons. The van der Waals surface area contributed by atoms with Gasteiger partial charge >= 0.3 is 5.97 Å². The molecular formula is C17H19BrN2O4. The standard InChI is InChI=1S/C17H19BrN2O4/c1-4-24-17(23)13-15(21)14(10(2)3)19-20(16(13)22)9-11-6-5-7-12(18)8-11/h5-8,10,21H,4,9H2,1-3H3. The number of aromatic hydroxyl groups is 1. The molecule has 0 amide bonds. The number of ether oxygens (including phenoxy) is 1. The zero-order valence-electron chi connectivity index (χ0n) is 13.7. The summed E-state index contributed by atoms with van der Waals surface area (Å²) in [6, 6.07) is 7.44. The van der Waals surface area contributed by atoms with Gasteiger partial charge in [0.25, 0.3) is 5.56 Å². The first-order chi connectivity index (χ1) is 11.3. The lowest BCUT2D eigenvalue weighted by atomic mass is 10.1. The number of carbonyl (C=O) groups is 1. The average molecular weight is 395 g/mol. The Morgan fingerprint density at radius 2 is 2.12 bits per heavy atom.